The molecule has 0 amide bonds. The summed E-state index contributed by atoms with van der Waals surface area (Å²) in [6.45, 7) is 0. The van der Waals surface area contributed by atoms with E-state index in [0.29, 0.717) is 12.0 Å². The van der Waals surface area contributed by atoms with Crippen LogP contribution >= 0.6 is 27.5 Å². The number of sulfone groups is 1. The summed E-state index contributed by atoms with van der Waals surface area (Å²) in [7, 11) is -3.02. The van der Waals surface area contributed by atoms with Crippen molar-refractivity contribution >= 4 is 37.4 Å². The zero-order valence-corrected chi connectivity index (χ0v) is 12.3. The van der Waals surface area contributed by atoms with E-state index in [0.717, 1.165) is 12.1 Å². The van der Waals surface area contributed by atoms with E-state index >= 15 is 0 Å². The second kappa shape index (κ2) is 5.06. The van der Waals surface area contributed by atoms with Crippen molar-refractivity contribution in [3.63, 3.8) is 0 Å². The second-order valence-corrected chi connectivity index (χ2v) is 7.98. The highest BCUT2D eigenvalue weighted by atomic mass is 79.9. The lowest BCUT2D eigenvalue weighted by Crippen LogP contribution is -2.11. The Kier molecular flexibility index (Phi) is 3.99. The first kappa shape index (κ1) is 14.2. The van der Waals surface area contributed by atoms with Gasteiger partial charge in [0.2, 0.25) is 0 Å². The van der Waals surface area contributed by atoms with Crippen LogP contribution in [0.1, 0.15) is 16.8 Å². The third kappa shape index (κ3) is 2.86. The smallest absolute Gasteiger partial charge is 0.160 e. The van der Waals surface area contributed by atoms with Gasteiger partial charge < -0.3 is 0 Å². The maximum Gasteiger partial charge on any atom is 0.160 e. The van der Waals surface area contributed by atoms with Gasteiger partial charge in [-0.15, -0.1) is 0 Å². The van der Waals surface area contributed by atoms with Gasteiger partial charge in [-0.25, -0.2) is 17.2 Å². The van der Waals surface area contributed by atoms with Gasteiger partial charge in [-0.1, -0.05) is 27.5 Å². The molecule has 100 valence electrons. The molecule has 1 aromatic rings. The van der Waals surface area contributed by atoms with Crippen molar-refractivity contribution in [3.05, 3.63) is 34.4 Å². The summed E-state index contributed by atoms with van der Waals surface area (Å²) in [5.41, 5.74) is 0.387. The molecule has 1 aliphatic heterocycles. The van der Waals surface area contributed by atoms with E-state index in [1.54, 1.807) is 0 Å². The van der Waals surface area contributed by atoms with Gasteiger partial charge in [0.1, 0.15) is 0 Å². The molecule has 0 spiro atoms. The molecule has 2 unspecified atom stereocenters. The van der Waals surface area contributed by atoms with Crippen LogP contribution in [0.2, 0.25) is 5.02 Å². The number of halogens is 4. The topological polar surface area (TPSA) is 34.1 Å². The first-order valence-electron chi connectivity index (χ1n) is 5.29. The number of alkyl halides is 1. The quantitative estimate of drug-likeness (QED) is 0.598. The van der Waals surface area contributed by atoms with E-state index in [-0.39, 0.29) is 22.4 Å². The average Bonchev–Trinajstić information content (AvgIpc) is 2.63. The van der Waals surface area contributed by atoms with Crippen LogP contribution in [0, 0.1) is 17.6 Å². The van der Waals surface area contributed by atoms with Crippen LogP contribution < -0.4 is 0 Å². The highest BCUT2D eigenvalue weighted by Crippen LogP contribution is 2.41. The molecule has 1 aliphatic rings. The van der Waals surface area contributed by atoms with E-state index in [9.17, 15) is 17.2 Å². The third-order valence-corrected chi connectivity index (χ3v) is 6.38. The number of rotatable bonds is 2. The SMILES string of the molecule is O=S1(=O)CCC(C(Br)c2cc(F)c(F)cc2Cl)C1. The van der Waals surface area contributed by atoms with Crippen molar-refractivity contribution in [2.45, 2.75) is 11.2 Å². The van der Waals surface area contributed by atoms with Gasteiger partial charge in [-0.05, 0) is 30.0 Å². The standard InChI is InChI=1S/C11H10BrClF2O2S/c12-11(6-1-2-18(16,17)5-6)7-3-9(14)10(15)4-8(7)13/h3-4,6,11H,1-2,5H2. The van der Waals surface area contributed by atoms with Crippen LogP contribution in [0.5, 0.6) is 0 Å². The normalized spacial score (nSPS) is 24.1. The fraction of sp³-hybridized carbons (Fsp3) is 0.455. The summed E-state index contributed by atoms with van der Waals surface area (Å²) in [5, 5.41) is 0.0973. The molecule has 0 bridgehead atoms. The average molecular weight is 360 g/mol. The minimum atomic E-state index is -3.02. The Hall–Kier alpha value is -0.200. The lowest BCUT2D eigenvalue weighted by molar-refractivity contribution is 0.504. The first-order valence-corrected chi connectivity index (χ1v) is 8.40. The molecule has 0 N–H and O–H groups in total. The molecule has 0 aromatic heterocycles. The van der Waals surface area contributed by atoms with Crippen molar-refractivity contribution in [2.75, 3.05) is 11.5 Å². The van der Waals surface area contributed by atoms with Crippen molar-refractivity contribution in [2.24, 2.45) is 5.92 Å². The van der Waals surface area contributed by atoms with Crippen LogP contribution in [0.4, 0.5) is 8.78 Å². The summed E-state index contributed by atoms with van der Waals surface area (Å²) < 4.78 is 48.9. The van der Waals surface area contributed by atoms with E-state index in [1.165, 1.54) is 0 Å². The molecule has 0 radical (unpaired) electrons. The van der Waals surface area contributed by atoms with Crippen LogP contribution in [0.15, 0.2) is 12.1 Å². The largest absolute Gasteiger partial charge is 0.229 e. The Morgan fingerprint density at radius 2 is 1.94 bits per heavy atom. The number of hydrogen-bond donors (Lipinski definition) is 0. The molecule has 2 nitrogen and oxygen atoms in total. The Labute approximate surface area is 117 Å². The molecule has 1 fully saturated rings. The molecule has 18 heavy (non-hydrogen) atoms. The molecule has 0 saturated carbocycles. The summed E-state index contributed by atoms with van der Waals surface area (Å²) in [4.78, 5) is -0.391. The van der Waals surface area contributed by atoms with E-state index in [1.807, 2.05) is 0 Å². The van der Waals surface area contributed by atoms with Gasteiger partial charge in [0.15, 0.2) is 21.5 Å². The maximum absolute atomic E-state index is 13.2. The van der Waals surface area contributed by atoms with Crippen molar-refractivity contribution in [1.29, 1.82) is 0 Å². The first-order chi connectivity index (χ1) is 8.30. The van der Waals surface area contributed by atoms with Crippen LogP contribution in [-0.2, 0) is 9.84 Å². The second-order valence-electron chi connectivity index (χ2n) is 4.35. The fourth-order valence-corrected chi connectivity index (χ4v) is 5.37. The Morgan fingerprint density at radius 1 is 1.33 bits per heavy atom. The highest BCUT2D eigenvalue weighted by Gasteiger charge is 2.34. The summed E-state index contributed by atoms with van der Waals surface area (Å²) >= 11 is 9.20. The minimum absolute atomic E-state index is 0.0399. The Bertz CT molecular complexity index is 577. The number of hydrogen-bond acceptors (Lipinski definition) is 2. The van der Waals surface area contributed by atoms with Crippen LogP contribution in [0.3, 0.4) is 0 Å². The molecular weight excluding hydrogens is 350 g/mol. The van der Waals surface area contributed by atoms with E-state index < -0.39 is 26.3 Å². The van der Waals surface area contributed by atoms with Gasteiger partial charge in [-0.3, -0.25) is 0 Å². The Balaban J connectivity index is 2.30. The third-order valence-electron chi connectivity index (χ3n) is 3.02. The summed E-state index contributed by atoms with van der Waals surface area (Å²) in [6, 6.07) is 1.92. The van der Waals surface area contributed by atoms with Gasteiger partial charge >= 0.3 is 0 Å². The monoisotopic (exact) mass is 358 g/mol. The zero-order chi connectivity index (χ0) is 13.5. The Morgan fingerprint density at radius 3 is 2.50 bits per heavy atom. The van der Waals surface area contributed by atoms with Crippen molar-refractivity contribution < 1.29 is 17.2 Å². The summed E-state index contributed by atoms with van der Waals surface area (Å²) in [5.74, 6) is -2.00. The van der Waals surface area contributed by atoms with E-state index in [4.69, 9.17) is 11.6 Å². The van der Waals surface area contributed by atoms with Crippen molar-refractivity contribution in [1.82, 2.24) is 0 Å². The fourth-order valence-electron chi connectivity index (χ4n) is 2.06. The summed E-state index contributed by atoms with van der Waals surface area (Å²) in [6.07, 6.45) is 0.494. The van der Waals surface area contributed by atoms with Gasteiger partial charge in [0, 0.05) is 9.85 Å². The number of benzene rings is 1. The lowest BCUT2D eigenvalue weighted by atomic mass is 9.98. The zero-order valence-electron chi connectivity index (χ0n) is 9.17. The van der Waals surface area contributed by atoms with Crippen LogP contribution in [-0.4, -0.2) is 19.9 Å². The molecular formula is C11H10BrClF2O2S. The van der Waals surface area contributed by atoms with Gasteiger partial charge in [0.25, 0.3) is 0 Å². The predicted octanol–water partition coefficient (Wildman–Crippen LogP) is 3.49. The van der Waals surface area contributed by atoms with Crippen molar-refractivity contribution in [3.8, 4) is 0 Å². The highest BCUT2D eigenvalue weighted by molar-refractivity contribution is 9.09. The van der Waals surface area contributed by atoms with Crippen LogP contribution in [0.25, 0.3) is 0 Å². The molecule has 0 aliphatic carbocycles. The maximum atomic E-state index is 13.2. The van der Waals surface area contributed by atoms with E-state index in [2.05, 4.69) is 15.9 Å². The predicted molar refractivity (Wildman–Crippen MR) is 69.8 cm³/mol. The molecule has 1 saturated heterocycles. The van der Waals surface area contributed by atoms with Gasteiger partial charge in [0.05, 0.1) is 11.5 Å². The lowest BCUT2D eigenvalue weighted by Gasteiger charge is -2.18. The molecule has 1 heterocycles. The minimum Gasteiger partial charge on any atom is -0.229 e. The molecule has 1 aromatic carbocycles. The molecule has 7 heteroatoms. The molecule has 2 rings (SSSR count). The molecule has 2 atom stereocenters. The van der Waals surface area contributed by atoms with Gasteiger partial charge in [-0.2, -0.15) is 0 Å².